The van der Waals surface area contributed by atoms with Crippen LogP contribution < -0.4 is 10.9 Å². The molecule has 8 heteroatoms. The number of benzene rings is 2. The summed E-state index contributed by atoms with van der Waals surface area (Å²) >= 11 is 12.9. The van der Waals surface area contributed by atoms with E-state index < -0.39 is 0 Å². The minimum atomic E-state index is -0.272. The average molecular weight is 428 g/mol. The number of nitrogens with zero attached hydrogens (tertiary/aromatic N) is 1. The van der Waals surface area contributed by atoms with Crippen LogP contribution in [-0.2, 0) is 6.54 Å². The number of carbonyl (C=O) groups excluding carboxylic acids is 1. The van der Waals surface area contributed by atoms with Gasteiger partial charge in [0.15, 0.2) is 4.77 Å². The molecule has 4 aromatic rings. The third kappa shape index (κ3) is 3.64. The van der Waals surface area contributed by atoms with Crippen LogP contribution in [0.4, 0.5) is 0 Å². The molecule has 0 unspecified atom stereocenters. The zero-order valence-corrected chi connectivity index (χ0v) is 16.8. The second-order valence-corrected chi connectivity index (χ2v) is 7.93. The maximum Gasteiger partial charge on any atom is 0.266 e. The summed E-state index contributed by atoms with van der Waals surface area (Å²) in [6, 6.07) is 15.7. The Bertz CT molecular complexity index is 1290. The van der Waals surface area contributed by atoms with Gasteiger partial charge in [-0.15, -0.1) is 11.3 Å². The number of amides is 1. The summed E-state index contributed by atoms with van der Waals surface area (Å²) in [5, 5.41) is 5.82. The number of hydrogen-bond acceptors (Lipinski definition) is 4. The fraction of sp³-hybridized carbons (Fsp3) is 0.0500. The van der Waals surface area contributed by atoms with E-state index in [1.807, 2.05) is 17.5 Å². The van der Waals surface area contributed by atoms with E-state index in [1.54, 1.807) is 53.8 Å². The molecule has 2 N–H and O–H groups in total. The van der Waals surface area contributed by atoms with Crippen LogP contribution in [0.3, 0.4) is 0 Å². The number of carbonyl (C=O) groups is 1. The van der Waals surface area contributed by atoms with E-state index in [0.29, 0.717) is 33.7 Å². The van der Waals surface area contributed by atoms with E-state index in [-0.39, 0.29) is 16.2 Å². The minimum Gasteiger partial charge on any atom is -0.347 e. The lowest BCUT2D eigenvalue weighted by molar-refractivity contribution is 0.0951. The maximum absolute atomic E-state index is 13.0. The van der Waals surface area contributed by atoms with Gasteiger partial charge in [-0.3, -0.25) is 14.2 Å². The summed E-state index contributed by atoms with van der Waals surface area (Å²) in [5.41, 5.74) is 1.27. The summed E-state index contributed by atoms with van der Waals surface area (Å²) in [7, 11) is 0. The van der Waals surface area contributed by atoms with Crippen molar-refractivity contribution in [2.45, 2.75) is 6.54 Å². The molecule has 0 atom stereocenters. The predicted molar refractivity (Wildman–Crippen MR) is 115 cm³/mol. The van der Waals surface area contributed by atoms with Crippen LogP contribution >= 0.6 is 35.2 Å². The standard InChI is InChI=1S/C20H14ClN3O2S2/c21-13-6-7-16-17(10-13)23-20(27)24(19(16)26)14-4-1-3-12(9-14)18(25)22-11-15-5-2-8-28-15/h1-10H,11H2,(H,22,25)(H,23,27). The summed E-state index contributed by atoms with van der Waals surface area (Å²) in [6.45, 7) is 0.456. The Morgan fingerprint density at radius 3 is 2.82 bits per heavy atom. The highest BCUT2D eigenvalue weighted by molar-refractivity contribution is 7.71. The Balaban J connectivity index is 1.71. The first kappa shape index (κ1) is 18.6. The molecule has 28 heavy (non-hydrogen) atoms. The van der Waals surface area contributed by atoms with Crippen LogP contribution in [0.15, 0.2) is 64.8 Å². The first-order valence-electron chi connectivity index (χ1n) is 8.38. The molecular weight excluding hydrogens is 414 g/mol. The molecule has 0 aliphatic carbocycles. The van der Waals surface area contributed by atoms with Crippen molar-refractivity contribution in [3.05, 3.63) is 90.6 Å². The zero-order valence-electron chi connectivity index (χ0n) is 14.4. The number of rotatable bonds is 4. The van der Waals surface area contributed by atoms with Gasteiger partial charge >= 0.3 is 0 Å². The molecule has 0 aliphatic rings. The molecule has 0 saturated heterocycles. The first-order valence-corrected chi connectivity index (χ1v) is 10.0. The first-order chi connectivity index (χ1) is 13.5. The van der Waals surface area contributed by atoms with Gasteiger partial charge in [0.2, 0.25) is 0 Å². The topological polar surface area (TPSA) is 66.9 Å². The Labute approximate surface area is 174 Å². The number of halogens is 1. The molecule has 140 valence electrons. The molecule has 2 aromatic carbocycles. The Hall–Kier alpha value is -2.74. The Morgan fingerprint density at radius 1 is 1.18 bits per heavy atom. The van der Waals surface area contributed by atoms with Gasteiger partial charge in [-0.05, 0) is 60.1 Å². The fourth-order valence-corrected chi connectivity index (χ4v) is 4.01. The summed E-state index contributed by atoms with van der Waals surface area (Å²) in [4.78, 5) is 29.5. The van der Waals surface area contributed by atoms with Crippen LogP contribution in [0.25, 0.3) is 16.6 Å². The van der Waals surface area contributed by atoms with Gasteiger partial charge < -0.3 is 10.3 Å². The van der Waals surface area contributed by atoms with Crippen molar-refractivity contribution in [1.29, 1.82) is 0 Å². The lowest BCUT2D eigenvalue weighted by Gasteiger charge is -2.10. The number of hydrogen-bond donors (Lipinski definition) is 2. The van der Waals surface area contributed by atoms with Crippen LogP contribution in [0.2, 0.25) is 5.02 Å². The summed E-state index contributed by atoms with van der Waals surface area (Å²) < 4.78 is 1.61. The maximum atomic E-state index is 13.0. The molecule has 1 amide bonds. The number of nitrogens with one attached hydrogen (secondary N) is 2. The Morgan fingerprint density at radius 2 is 2.04 bits per heavy atom. The van der Waals surface area contributed by atoms with Crippen molar-refractivity contribution >= 4 is 52.0 Å². The van der Waals surface area contributed by atoms with Crippen molar-refractivity contribution in [3.8, 4) is 5.69 Å². The number of fused-ring (bicyclic) bond motifs is 1. The molecule has 4 rings (SSSR count). The normalized spacial score (nSPS) is 10.9. The molecular formula is C20H14ClN3O2S2. The molecule has 2 aromatic heterocycles. The van der Waals surface area contributed by atoms with Gasteiger partial charge in [-0.25, -0.2) is 0 Å². The van der Waals surface area contributed by atoms with Crippen molar-refractivity contribution in [3.63, 3.8) is 0 Å². The van der Waals surface area contributed by atoms with Gasteiger partial charge in [-0.2, -0.15) is 0 Å². The molecule has 0 radical (unpaired) electrons. The number of aromatic nitrogens is 2. The smallest absolute Gasteiger partial charge is 0.266 e. The van der Waals surface area contributed by atoms with E-state index in [4.69, 9.17) is 23.8 Å². The molecule has 0 spiro atoms. The van der Waals surface area contributed by atoms with E-state index in [9.17, 15) is 9.59 Å². The third-order valence-corrected chi connectivity index (χ3v) is 5.63. The predicted octanol–water partition coefficient (Wildman–Crippen LogP) is 4.69. The highest BCUT2D eigenvalue weighted by Crippen LogP contribution is 2.17. The number of H-pyrrole nitrogens is 1. The van der Waals surface area contributed by atoms with Crippen molar-refractivity contribution in [2.75, 3.05) is 0 Å². The van der Waals surface area contributed by atoms with Crippen LogP contribution in [0, 0.1) is 4.77 Å². The number of aromatic amines is 1. The number of thiophene rings is 1. The molecule has 0 bridgehead atoms. The van der Waals surface area contributed by atoms with Crippen LogP contribution in [0.1, 0.15) is 15.2 Å². The molecule has 0 saturated carbocycles. The molecule has 0 aliphatic heterocycles. The van der Waals surface area contributed by atoms with E-state index >= 15 is 0 Å². The van der Waals surface area contributed by atoms with Crippen LogP contribution in [0.5, 0.6) is 0 Å². The van der Waals surface area contributed by atoms with E-state index in [2.05, 4.69) is 10.3 Å². The van der Waals surface area contributed by atoms with Crippen molar-refractivity contribution < 1.29 is 4.79 Å². The SMILES string of the molecule is O=C(NCc1cccs1)c1cccc(-n2c(=S)[nH]c3cc(Cl)ccc3c2=O)c1. The highest BCUT2D eigenvalue weighted by Gasteiger charge is 2.11. The fourth-order valence-electron chi connectivity index (χ4n) is 2.89. The van der Waals surface area contributed by atoms with E-state index in [1.165, 1.54) is 4.57 Å². The van der Waals surface area contributed by atoms with Gasteiger partial charge in [0.05, 0.1) is 23.1 Å². The minimum absolute atomic E-state index is 0.217. The van der Waals surface area contributed by atoms with Gasteiger partial charge in [0.25, 0.3) is 11.5 Å². The second kappa shape index (κ2) is 7.71. The molecule has 2 heterocycles. The third-order valence-electron chi connectivity index (χ3n) is 4.23. The highest BCUT2D eigenvalue weighted by atomic mass is 35.5. The largest absolute Gasteiger partial charge is 0.347 e. The van der Waals surface area contributed by atoms with Crippen molar-refractivity contribution in [1.82, 2.24) is 14.9 Å². The summed E-state index contributed by atoms with van der Waals surface area (Å²) in [6.07, 6.45) is 0. The van der Waals surface area contributed by atoms with Gasteiger partial charge in [0.1, 0.15) is 0 Å². The van der Waals surface area contributed by atoms with Gasteiger partial charge in [-0.1, -0.05) is 23.7 Å². The van der Waals surface area contributed by atoms with Gasteiger partial charge in [0, 0.05) is 15.5 Å². The van der Waals surface area contributed by atoms with Crippen molar-refractivity contribution in [2.24, 2.45) is 0 Å². The molecule has 5 nitrogen and oxygen atoms in total. The lowest BCUT2D eigenvalue weighted by atomic mass is 10.1. The Kier molecular flexibility index (Phi) is 5.13. The van der Waals surface area contributed by atoms with Crippen LogP contribution in [-0.4, -0.2) is 15.5 Å². The average Bonchev–Trinajstić information content (AvgIpc) is 3.19. The monoisotopic (exact) mass is 427 g/mol. The molecule has 0 fully saturated rings. The quantitative estimate of drug-likeness (QED) is 0.464. The zero-order chi connectivity index (χ0) is 19.7. The summed E-state index contributed by atoms with van der Waals surface area (Å²) in [5.74, 6) is -0.217. The lowest BCUT2D eigenvalue weighted by Crippen LogP contribution is -2.24. The van der Waals surface area contributed by atoms with E-state index in [0.717, 1.165) is 4.88 Å². The second-order valence-electron chi connectivity index (χ2n) is 6.07.